The zero-order chi connectivity index (χ0) is 43.8. The van der Waals surface area contributed by atoms with E-state index in [1.807, 2.05) is 0 Å². The number of nitrogen functional groups attached to an aromatic ring is 2. The standard InChI is InChI=1S/C30H40N26S6/c31-23-43-21(53-29(55-23)37-5-11-61)19-41-17(49-27(51-19)35-3-9-59)15-39-13(45-25(47-15)33-1-7-57)14-40-16(48-26(46-14)34-2-8-58)18-42-20(52-28(50-18)36-4-10-60)22-44-24(32)56-30(54-22)38-6-12-62/h57-62H,1-12H2,(H,33,39,45,47)(H,34,40,46,48)(H,35,41,49,51)(H,36,42,50,52)(H3,31,37,43,53,55)(H3,32,38,44,54,56). The molecule has 0 bridgehead atoms. The number of aromatic nitrogens is 18. The number of nitrogens with one attached hydrogen (secondary N) is 6. The van der Waals surface area contributed by atoms with E-state index >= 15 is 0 Å². The first-order valence-electron chi connectivity index (χ1n) is 18.4. The minimum atomic E-state index is -0.0597. The van der Waals surface area contributed by atoms with Gasteiger partial charge in [-0.25, -0.2) is 19.9 Å². The lowest BCUT2D eigenvalue weighted by molar-refractivity contribution is 0.936. The Morgan fingerprint density at radius 2 is 0.403 bits per heavy atom. The zero-order valence-electron chi connectivity index (χ0n) is 32.4. The molecule has 0 radical (unpaired) electrons. The van der Waals surface area contributed by atoms with Gasteiger partial charge in [-0.2, -0.15) is 146 Å². The van der Waals surface area contributed by atoms with Crippen molar-refractivity contribution in [2.24, 2.45) is 0 Å². The Balaban J connectivity index is 1.51. The molecule has 10 N–H and O–H groups in total. The Hall–Kier alpha value is -5.44. The highest BCUT2D eigenvalue weighted by Crippen LogP contribution is 2.25. The molecule has 0 fully saturated rings. The summed E-state index contributed by atoms with van der Waals surface area (Å²) in [4.78, 5) is 81.3. The van der Waals surface area contributed by atoms with E-state index in [1.54, 1.807) is 0 Å². The molecule has 6 aromatic rings. The quantitative estimate of drug-likeness (QED) is 0.0385. The Bertz CT molecular complexity index is 2270. The van der Waals surface area contributed by atoms with Gasteiger partial charge in [-0.3, -0.25) is 0 Å². The number of hydrogen-bond donors (Lipinski definition) is 14. The molecule has 326 valence electrons. The van der Waals surface area contributed by atoms with Crippen LogP contribution in [0.4, 0.5) is 47.6 Å². The third-order valence-electron chi connectivity index (χ3n) is 7.22. The maximum atomic E-state index is 6.05. The Labute approximate surface area is 386 Å². The fraction of sp³-hybridized carbons (Fsp3) is 0.400. The smallest absolute Gasteiger partial charge is 0.228 e. The number of thiol groups is 6. The molecule has 0 aliphatic carbocycles. The van der Waals surface area contributed by atoms with Gasteiger partial charge in [0.25, 0.3) is 0 Å². The number of nitrogens with two attached hydrogens (primary N) is 2. The first-order chi connectivity index (χ1) is 30.2. The molecule has 0 amide bonds. The van der Waals surface area contributed by atoms with Crippen LogP contribution in [-0.4, -0.2) is 163 Å². The maximum Gasteiger partial charge on any atom is 0.228 e. The van der Waals surface area contributed by atoms with Crippen molar-refractivity contribution in [3.63, 3.8) is 0 Å². The molecule has 6 rings (SSSR count). The van der Waals surface area contributed by atoms with E-state index in [1.165, 1.54) is 0 Å². The highest BCUT2D eigenvalue weighted by molar-refractivity contribution is 7.81. The van der Waals surface area contributed by atoms with Crippen LogP contribution in [0.3, 0.4) is 0 Å². The van der Waals surface area contributed by atoms with Gasteiger partial charge in [-0.15, -0.1) is 0 Å². The minimum absolute atomic E-state index is 0.00318. The van der Waals surface area contributed by atoms with Gasteiger partial charge in [0, 0.05) is 73.8 Å². The summed E-state index contributed by atoms with van der Waals surface area (Å²) in [7, 11) is 0. The number of rotatable bonds is 23. The molecule has 0 saturated carbocycles. The van der Waals surface area contributed by atoms with Crippen molar-refractivity contribution in [1.82, 2.24) is 89.7 Å². The van der Waals surface area contributed by atoms with Crippen LogP contribution in [0.5, 0.6) is 0 Å². The molecule has 0 saturated heterocycles. The molecule has 26 nitrogen and oxygen atoms in total. The third-order valence-corrected chi connectivity index (χ3v) is 8.56. The van der Waals surface area contributed by atoms with Crippen LogP contribution in [0.1, 0.15) is 0 Å². The summed E-state index contributed by atoms with van der Waals surface area (Å²) in [5, 5.41) is 18.5. The average Bonchev–Trinajstić information content (AvgIpc) is 3.29. The summed E-state index contributed by atoms with van der Waals surface area (Å²) in [5.74, 6) is 4.03. The van der Waals surface area contributed by atoms with Crippen LogP contribution < -0.4 is 43.4 Å². The predicted octanol–water partition coefficient (Wildman–Crippen LogP) is 0.346. The molecule has 6 aromatic heterocycles. The molecule has 0 aliphatic heterocycles. The average molecular weight is 957 g/mol. The van der Waals surface area contributed by atoms with Gasteiger partial charge in [-0.1, -0.05) is 0 Å². The zero-order valence-corrected chi connectivity index (χ0v) is 37.7. The molecule has 6 heterocycles. The fourth-order valence-corrected chi connectivity index (χ4v) is 5.44. The Morgan fingerprint density at radius 3 is 0.581 bits per heavy atom. The summed E-state index contributed by atoms with van der Waals surface area (Å²) >= 11 is 25.8. The topological polar surface area (TPSA) is 356 Å². The largest absolute Gasteiger partial charge is 0.368 e. The molecule has 0 unspecified atom stereocenters. The molecule has 0 aromatic carbocycles. The van der Waals surface area contributed by atoms with Crippen LogP contribution >= 0.6 is 75.8 Å². The van der Waals surface area contributed by atoms with E-state index in [4.69, 9.17) is 21.4 Å². The van der Waals surface area contributed by atoms with Crippen LogP contribution in [0.15, 0.2) is 0 Å². The second-order valence-electron chi connectivity index (χ2n) is 11.8. The van der Waals surface area contributed by atoms with Crippen molar-refractivity contribution in [3.8, 4) is 58.2 Å². The van der Waals surface area contributed by atoms with E-state index in [0.717, 1.165) is 0 Å². The molecule has 0 aliphatic rings. The summed E-state index contributed by atoms with van der Waals surface area (Å²) in [6.45, 7) is 2.52. The van der Waals surface area contributed by atoms with Gasteiger partial charge >= 0.3 is 0 Å². The molecule has 0 spiro atoms. The van der Waals surface area contributed by atoms with Crippen molar-refractivity contribution in [1.29, 1.82) is 0 Å². The minimum Gasteiger partial charge on any atom is -0.368 e. The molecule has 32 heteroatoms. The van der Waals surface area contributed by atoms with E-state index in [9.17, 15) is 0 Å². The summed E-state index contributed by atoms with van der Waals surface area (Å²) in [6, 6.07) is 0. The second kappa shape index (κ2) is 23.1. The lowest BCUT2D eigenvalue weighted by atomic mass is 10.4. The molecule has 0 atom stereocenters. The van der Waals surface area contributed by atoms with Crippen molar-refractivity contribution in [2.75, 3.05) is 117 Å². The van der Waals surface area contributed by atoms with Crippen LogP contribution in [-0.2, 0) is 0 Å². The summed E-state index contributed by atoms with van der Waals surface area (Å²) in [6.07, 6.45) is 0. The van der Waals surface area contributed by atoms with Gasteiger partial charge in [0.1, 0.15) is 0 Å². The first-order valence-corrected chi connectivity index (χ1v) is 22.2. The van der Waals surface area contributed by atoms with Gasteiger partial charge in [0.05, 0.1) is 0 Å². The highest BCUT2D eigenvalue weighted by atomic mass is 32.1. The van der Waals surface area contributed by atoms with Crippen LogP contribution in [0.2, 0.25) is 0 Å². The lowest BCUT2D eigenvalue weighted by Crippen LogP contribution is -2.15. The second-order valence-corrected chi connectivity index (χ2v) is 14.5. The van der Waals surface area contributed by atoms with Gasteiger partial charge in [-0.05, 0) is 0 Å². The van der Waals surface area contributed by atoms with E-state index < -0.39 is 0 Å². The maximum absolute atomic E-state index is 6.05. The first kappa shape index (κ1) is 46.1. The predicted molar refractivity (Wildman–Crippen MR) is 257 cm³/mol. The summed E-state index contributed by atoms with van der Waals surface area (Å²) < 4.78 is 0. The Kier molecular flexibility index (Phi) is 17.2. The van der Waals surface area contributed by atoms with Crippen molar-refractivity contribution >= 4 is 123 Å². The van der Waals surface area contributed by atoms with Crippen molar-refractivity contribution in [2.45, 2.75) is 0 Å². The normalized spacial score (nSPS) is 11.0. The molecular formula is C30H40N26S6. The lowest BCUT2D eigenvalue weighted by Gasteiger charge is -2.12. The number of nitrogens with zero attached hydrogens (tertiary/aromatic N) is 18. The Morgan fingerprint density at radius 1 is 0.242 bits per heavy atom. The number of anilines is 8. The molecule has 62 heavy (non-hydrogen) atoms. The monoisotopic (exact) mass is 956 g/mol. The van der Waals surface area contributed by atoms with Gasteiger partial charge in [0.2, 0.25) is 106 Å². The third kappa shape index (κ3) is 12.8. The van der Waals surface area contributed by atoms with Crippen molar-refractivity contribution in [3.05, 3.63) is 0 Å². The highest BCUT2D eigenvalue weighted by Gasteiger charge is 2.23. The molecular weight excluding hydrogens is 917 g/mol. The van der Waals surface area contributed by atoms with E-state index in [0.29, 0.717) is 73.8 Å². The number of hydrogen-bond acceptors (Lipinski definition) is 32. The van der Waals surface area contributed by atoms with Crippen LogP contribution in [0, 0.1) is 0 Å². The van der Waals surface area contributed by atoms with Gasteiger partial charge < -0.3 is 43.4 Å². The van der Waals surface area contributed by atoms with Gasteiger partial charge in [0.15, 0.2) is 0 Å². The van der Waals surface area contributed by atoms with Crippen LogP contribution in [0.25, 0.3) is 58.2 Å². The fourth-order valence-electron chi connectivity index (χ4n) is 4.77. The van der Waals surface area contributed by atoms with E-state index in [-0.39, 0.29) is 106 Å². The SMILES string of the molecule is Nc1nc(NCCS)nc(-c2nc(NCCS)nc(-c3nc(NCCS)nc(-c4nc(NCCS)nc(-c5nc(NCCS)nc(-c6nc(N)nc(NCCS)n6)n5)n4)n3)n2)n1. The van der Waals surface area contributed by atoms with E-state index in [2.05, 4.69) is 187 Å². The van der Waals surface area contributed by atoms with Crippen molar-refractivity contribution < 1.29 is 0 Å². The summed E-state index contributed by atoms with van der Waals surface area (Å²) in [5.41, 5.74) is 12.1.